The summed E-state index contributed by atoms with van der Waals surface area (Å²) in [4.78, 5) is 0. The van der Waals surface area contributed by atoms with E-state index in [0.717, 1.165) is 18.5 Å². The molecular weight excluding hydrogens is 289 g/mol. The van der Waals surface area contributed by atoms with Crippen LogP contribution in [0.15, 0.2) is 22.7 Å². The number of nitrogens with one attached hydrogen (secondary N) is 1. The van der Waals surface area contributed by atoms with E-state index in [-0.39, 0.29) is 12.4 Å². The molecule has 0 aromatic heterocycles. The molecule has 0 fully saturated rings. The Kier molecular flexibility index (Phi) is 7.35. The standard InChI is InChI=1S/C12H17BrFNO2/c13-11-3-2-10(8-12(11)14)9-15-4-1-6-17-7-5-16/h2-3,8,15-16H,1,4-7,9H2. The Balaban J connectivity index is 2.11. The van der Waals surface area contributed by atoms with Crippen LogP contribution in [0.25, 0.3) is 0 Å². The van der Waals surface area contributed by atoms with Gasteiger partial charge >= 0.3 is 0 Å². The zero-order chi connectivity index (χ0) is 12.5. The first-order valence-corrected chi connectivity index (χ1v) is 6.36. The van der Waals surface area contributed by atoms with Crippen molar-refractivity contribution < 1.29 is 14.2 Å². The molecular formula is C12H17BrFNO2. The Morgan fingerprint density at radius 1 is 1.35 bits per heavy atom. The summed E-state index contributed by atoms with van der Waals surface area (Å²) in [5, 5.41) is 11.7. The molecule has 0 heterocycles. The zero-order valence-corrected chi connectivity index (χ0v) is 11.2. The van der Waals surface area contributed by atoms with Gasteiger partial charge in [-0.15, -0.1) is 0 Å². The lowest BCUT2D eigenvalue weighted by molar-refractivity contribution is 0.0907. The quantitative estimate of drug-likeness (QED) is 0.723. The van der Waals surface area contributed by atoms with E-state index in [9.17, 15) is 4.39 Å². The summed E-state index contributed by atoms with van der Waals surface area (Å²) in [7, 11) is 0. The fourth-order valence-corrected chi connectivity index (χ4v) is 1.59. The van der Waals surface area contributed by atoms with E-state index in [1.54, 1.807) is 6.07 Å². The van der Waals surface area contributed by atoms with Crippen molar-refractivity contribution in [3.05, 3.63) is 34.1 Å². The van der Waals surface area contributed by atoms with Crippen LogP contribution in [0.2, 0.25) is 0 Å². The Morgan fingerprint density at radius 3 is 2.88 bits per heavy atom. The predicted octanol–water partition coefficient (Wildman–Crippen LogP) is 2.08. The predicted molar refractivity (Wildman–Crippen MR) is 68.3 cm³/mol. The van der Waals surface area contributed by atoms with Crippen LogP contribution in [0, 0.1) is 5.82 Å². The zero-order valence-electron chi connectivity index (χ0n) is 9.59. The van der Waals surface area contributed by atoms with Gasteiger partial charge in [-0.2, -0.15) is 0 Å². The molecule has 0 saturated carbocycles. The van der Waals surface area contributed by atoms with Crippen molar-refractivity contribution in [1.82, 2.24) is 5.32 Å². The van der Waals surface area contributed by atoms with E-state index < -0.39 is 0 Å². The number of rotatable bonds is 8. The number of hydrogen-bond acceptors (Lipinski definition) is 3. The molecule has 0 atom stereocenters. The van der Waals surface area contributed by atoms with Gasteiger partial charge in [0.05, 0.1) is 17.7 Å². The third-order valence-corrected chi connectivity index (χ3v) is 2.83. The lowest BCUT2D eigenvalue weighted by Crippen LogP contribution is -2.16. The van der Waals surface area contributed by atoms with E-state index in [4.69, 9.17) is 9.84 Å². The molecule has 0 spiro atoms. The monoisotopic (exact) mass is 305 g/mol. The minimum atomic E-state index is -0.240. The highest BCUT2D eigenvalue weighted by Crippen LogP contribution is 2.16. The minimum absolute atomic E-state index is 0.0611. The third kappa shape index (κ3) is 6.12. The van der Waals surface area contributed by atoms with Crippen molar-refractivity contribution in [2.75, 3.05) is 26.4 Å². The average Bonchev–Trinajstić information content (AvgIpc) is 2.32. The molecule has 17 heavy (non-hydrogen) atoms. The molecule has 96 valence electrons. The molecule has 2 N–H and O–H groups in total. The van der Waals surface area contributed by atoms with Crippen LogP contribution in [0.3, 0.4) is 0 Å². The van der Waals surface area contributed by atoms with Crippen molar-refractivity contribution in [2.24, 2.45) is 0 Å². The van der Waals surface area contributed by atoms with E-state index in [1.165, 1.54) is 6.07 Å². The minimum Gasteiger partial charge on any atom is -0.394 e. The summed E-state index contributed by atoms with van der Waals surface area (Å²) in [6, 6.07) is 5.10. The van der Waals surface area contributed by atoms with Crippen LogP contribution in [-0.4, -0.2) is 31.5 Å². The fourth-order valence-electron chi connectivity index (χ4n) is 1.35. The van der Waals surface area contributed by atoms with Crippen LogP contribution >= 0.6 is 15.9 Å². The Morgan fingerprint density at radius 2 is 2.18 bits per heavy atom. The number of aliphatic hydroxyl groups excluding tert-OH is 1. The number of ether oxygens (including phenoxy) is 1. The highest BCUT2D eigenvalue weighted by Gasteiger charge is 1.99. The van der Waals surface area contributed by atoms with Gasteiger partial charge in [0.2, 0.25) is 0 Å². The Bertz CT molecular complexity index is 336. The fraction of sp³-hybridized carbons (Fsp3) is 0.500. The molecule has 1 aromatic carbocycles. The van der Waals surface area contributed by atoms with Gasteiger partial charge in [-0.25, -0.2) is 4.39 Å². The highest BCUT2D eigenvalue weighted by molar-refractivity contribution is 9.10. The van der Waals surface area contributed by atoms with Gasteiger partial charge in [0.15, 0.2) is 0 Å². The van der Waals surface area contributed by atoms with Gasteiger partial charge in [0, 0.05) is 13.2 Å². The topological polar surface area (TPSA) is 41.5 Å². The van der Waals surface area contributed by atoms with Crippen molar-refractivity contribution in [2.45, 2.75) is 13.0 Å². The summed E-state index contributed by atoms with van der Waals surface area (Å²) in [5.74, 6) is -0.240. The Labute approximate surface area is 109 Å². The molecule has 0 aliphatic heterocycles. The first-order chi connectivity index (χ1) is 8.24. The number of aliphatic hydroxyl groups is 1. The highest BCUT2D eigenvalue weighted by atomic mass is 79.9. The summed E-state index contributed by atoms with van der Waals surface area (Å²) < 4.78 is 18.8. The molecule has 1 rings (SSSR count). The number of benzene rings is 1. The van der Waals surface area contributed by atoms with Gasteiger partial charge in [-0.05, 0) is 46.6 Å². The largest absolute Gasteiger partial charge is 0.394 e. The van der Waals surface area contributed by atoms with Gasteiger partial charge in [0.1, 0.15) is 5.82 Å². The second kappa shape index (κ2) is 8.58. The molecule has 0 unspecified atom stereocenters. The lowest BCUT2D eigenvalue weighted by atomic mass is 10.2. The van der Waals surface area contributed by atoms with E-state index >= 15 is 0 Å². The van der Waals surface area contributed by atoms with Crippen molar-refractivity contribution in [1.29, 1.82) is 0 Å². The summed E-state index contributed by atoms with van der Waals surface area (Å²) >= 11 is 3.11. The second-order valence-corrected chi connectivity index (χ2v) is 4.47. The van der Waals surface area contributed by atoms with E-state index in [1.807, 2.05) is 6.07 Å². The third-order valence-electron chi connectivity index (χ3n) is 2.19. The normalized spacial score (nSPS) is 10.8. The molecule has 0 aliphatic rings. The van der Waals surface area contributed by atoms with Crippen LogP contribution in [-0.2, 0) is 11.3 Å². The number of hydrogen-bond donors (Lipinski definition) is 2. The van der Waals surface area contributed by atoms with Crippen LogP contribution in [0.4, 0.5) is 4.39 Å². The van der Waals surface area contributed by atoms with Crippen LogP contribution < -0.4 is 5.32 Å². The molecule has 0 saturated heterocycles. The summed E-state index contributed by atoms with van der Waals surface area (Å²) in [6.45, 7) is 2.53. The summed E-state index contributed by atoms with van der Waals surface area (Å²) in [6.07, 6.45) is 0.874. The Hall–Kier alpha value is -0.490. The maximum Gasteiger partial charge on any atom is 0.137 e. The van der Waals surface area contributed by atoms with Crippen LogP contribution in [0.5, 0.6) is 0 Å². The van der Waals surface area contributed by atoms with Crippen molar-refractivity contribution >= 4 is 15.9 Å². The molecule has 5 heteroatoms. The van der Waals surface area contributed by atoms with Gasteiger partial charge in [-0.1, -0.05) is 6.07 Å². The second-order valence-electron chi connectivity index (χ2n) is 3.61. The molecule has 1 aromatic rings. The van der Waals surface area contributed by atoms with Gasteiger partial charge in [0.25, 0.3) is 0 Å². The van der Waals surface area contributed by atoms with E-state index in [0.29, 0.717) is 24.2 Å². The van der Waals surface area contributed by atoms with Gasteiger partial charge in [-0.3, -0.25) is 0 Å². The van der Waals surface area contributed by atoms with Crippen molar-refractivity contribution in [3.8, 4) is 0 Å². The SMILES string of the molecule is OCCOCCCNCc1ccc(Br)c(F)c1. The molecule has 0 bridgehead atoms. The van der Waals surface area contributed by atoms with Crippen LogP contribution in [0.1, 0.15) is 12.0 Å². The molecule has 0 radical (unpaired) electrons. The first-order valence-electron chi connectivity index (χ1n) is 5.57. The van der Waals surface area contributed by atoms with E-state index in [2.05, 4.69) is 21.2 Å². The first kappa shape index (κ1) is 14.6. The number of halogens is 2. The maximum absolute atomic E-state index is 13.2. The molecule has 0 amide bonds. The maximum atomic E-state index is 13.2. The molecule has 0 aliphatic carbocycles. The molecule has 3 nitrogen and oxygen atoms in total. The average molecular weight is 306 g/mol. The van der Waals surface area contributed by atoms with Gasteiger partial charge < -0.3 is 15.2 Å². The van der Waals surface area contributed by atoms with Crippen molar-refractivity contribution in [3.63, 3.8) is 0 Å². The smallest absolute Gasteiger partial charge is 0.137 e. The lowest BCUT2D eigenvalue weighted by Gasteiger charge is -2.06. The summed E-state index contributed by atoms with van der Waals surface area (Å²) in [5.41, 5.74) is 0.918.